The fourth-order valence-corrected chi connectivity index (χ4v) is 4.46. The quantitative estimate of drug-likeness (QED) is 0.360. The molecule has 3 N–H and O–H groups in total. The number of halogens is 3. The number of aliphatic hydroxyl groups excluding tert-OH is 1. The van der Waals surface area contributed by atoms with Crippen LogP contribution >= 0.6 is 11.3 Å². The maximum absolute atomic E-state index is 12.7. The number of alkyl halides is 3. The summed E-state index contributed by atoms with van der Waals surface area (Å²) in [5.41, 5.74) is 3.33. The molecule has 0 unspecified atom stereocenters. The minimum atomic E-state index is -4.33. The van der Waals surface area contributed by atoms with E-state index in [2.05, 4.69) is 27.5 Å². The number of rotatable bonds is 6. The van der Waals surface area contributed by atoms with Crippen molar-refractivity contribution in [3.8, 4) is 22.3 Å². The summed E-state index contributed by atoms with van der Waals surface area (Å²) in [6, 6.07) is 10.9. The Hall–Kier alpha value is -3.35. The molecule has 1 aliphatic rings. The fourth-order valence-electron chi connectivity index (χ4n) is 3.52. The van der Waals surface area contributed by atoms with Gasteiger partial charge in [-0.1, -0.05) is 35.5 Å². The zero-order valence-corrected chi connectivity index (χ0v) is 18.2. The van der Waals surface area contributed by atoms with Crippen LogP contribution in [0.15, 0.2) is 42.5 Å². The van der Waals surface area contributed by atoms with Gasteiger partial charge in [-0.25, -0.2) is 4.98 Å². The molecule has 33 heavy (non-hydrogen) atoms. The topological polar surface area (TPSA) is 74.2 Å². The minimum Gasteiger partial charge on any atom is -0.384 e. The Morgan fingerprint density at radius 2 is 1.97 bits per heavy atom. The molecule has 0 fully saturated rings. The number of benzene rings is 2. The molecular weight excluding hydrogens is 451 g/mol. The number of nitrogens with zero attached hydrogens (tertiary/aromatic N) is 1. The van der Waals surface area contributed by atoms with Crippen molar-refractivity contribution in [2.75, 3.05) is 23.8 Å². The molecule has 9 heteroatoms. The third-order valence-corrected chi connectivity index (χ3v) is 6.17. The number of aromatic nitrogens is 1. The highest BCUT2D eigenvalue weighted by Gasteiger charge is 2.29. The van der Waals surface area contributed by atoms with Gasteiger partial charge in [-0.2, -0.15) is 13.2 Å². The van der Waals surface area contributed by atoms with E-state index >= 15 is 0 Å². The summed E-state index contributed by atoms with van der Waals surface area (Å²) in [6.07, 6.45) is -2.66. The maximum atomic E-state index is 12.7. The summed E-state index contributed by atoms with van der Waals surface area (Å²) < 4.78 is 38.0. The first kappa shape index (κ1) is 22.8. The number of hydrogen-bond acceptors (Lipinski definition) is 5. The second-order valence-corrected chi connectivity index (χ2v) is 8.48. The number of carbonyl (C=O) groups excluding carboxylic acids is 1. The van der Waals surface area contributed by atoms with E-state index in [1.165, 1.54) is 23.5 Å². The lowest BCUT2D eigenvalue weighted by Crippen LogP contribution is -2.05. The summed E-state index contributed by atoms with van der Waals surface area (Å²) in [4.78, 5) is 17.0. The molecule has 0 radical (unpaired) electrons. The van der Waals surface area contributed by atoms with Crippen LogP contribution in [0.3, 0.4) is 0 Å². The van der Waals surface area contributed by atoms with Gasteiger partial charge in [0.15, 0.2) is 5.13 Å². The molecule has 3 aromatic rings. The molecule has 1 amide bonds. The number of hydrogen-bond donors (Lipinski definition) is 3. The Morgan fingerprint density at radius 3 is 2.70 bits per heavy atom. The van der Waals surface area contributed by atoms with Crippen LogP contribution in [0.1, 0.15) is 28.8 Å². The van der Waals surface area contributed by atoms with Crippen LogP contribution in [0, 0.1) is 11.8 Å². The molecule has 5 nitrogen and oxygen atoms in total. The highest BCUT2D eigenvalue weighted by atomic mass is 32.1. The fraction of sp³-hybridized carbons (Fsp3) is 0.250. The second-order valence-electron chi connectivity index (χ2n) is 7.48. The first-order valence-electron chi connectivity index (χ1n) is 10.3. The van der Waals surface area contributed by atoms with Crippen molar-refractivity contribution < 1.29 is 23.1 Å². The minimum absolute atomic E-state index is 0.0397. The summed E-state index contributed by atoms with van der Waals surface area (Å²) in [7, 11) is 0. The van der Waals surface area contributed by atoms with Crippen LogP contribution in [0.2, 0.25) is 0 Å². The van der Waals surface area contributed by atoms with Gasteiger partial charge in [0.25, 0.3) is 0 Å². The first-order chi connectivity index (χ1) is 15.8. The van der Waals surface area contributed by atoms with E-state index < -0.39 is 11.7 Å². The molecule has 0 aliphatic carbocycles. The average molecular weight is 472 g/mol. The van der Waals surface area contributed by atoms with Crippen molar-refractivity contribution in [1.29, 1.82) is 0 Å². The Morgan fingerprint density at radius 1 is 1.18 bits per heavy atom. The van der Waals surface area contributed by atoms with Crippen molar-refractivity contribution in [1.82, 2.24) is 4.98 Å². The van der Waals surface area contributed by atoms with Gasteiger partial charge < -0.3 is 15.7 Å². The number of carbonyl (C=O) groups is 1. The van der Waals surface area contributed by atoms with Crippen LogP contribution in [-0.2, 0) is 23.8 Å². The smallest absolute Gasteiger partial charge is 0.384 e. The molecule has 0 bridgehead atoms. The van der Waals surface area contributed by atoms with E-state index in [1.807, 2.05) is 18.2 Å². The van der Waals surface area contributed by atoms with Crippen molar-refractivity contribution in [2.24, 2.45) is 0 Å². The summed E-state index contributed by atoms with van der Waals surface area (Å²) >= 11 is 1.42. The first-order valence-corrected chi connectivity index (χ1v) is 11.1. The largest absolute Gasteiger partial charge is 0.416 e. The molecule has 0 saturated heterocycles. The lowest BCUT2D eigenvalue weighted by Gasteiger charge is -2.07. The molecular formula is C24H20F3N3O2S. The van der Waals surface area contributed by atoms with Gasteiger partial charge in [-0.15, -0.1) is 0 Å². The van der Waals surface area contributed by atoms with E-state index in [-0.39, 0.29) is 12.5 Å². The van der Waals surface area contributed by atoms with E-state index in [9.17, 15) is 18.0 Å². The van der Waals surface area contributed by atoms with Gasteiger partial charge in [0.05, 0.1) is 16.9 Å². The monoisotopic (exact) mass is 471 g/mol. The number of amides is 1. The van der Waals surface area contributed by atoms with Gasteiger partial charge in [0.2, 0.25) is 5.91 Å². The number of nitrogens with one attached hydrogen (secondary N) is 2. The lowest BCUT2D eigenvalue weighted by atomic mass is 10.1. The second kappa shape index (κ2) is 9.65. The van der Waals surface area contributed by atoms with Crippen molar-refractivity contribution in [3.63, 3.8) is 0 Å². The number of aryl methyl sites for hydroxylation is 1. The van der Waals surface area contributed by atoms with Crippen LogP contribution < -0.4 is 10.6 Å². The number of fused-ring (bicyclic) bond motifs is 1. The molecule has 170 valence electrons. The predicted molar refractivity (Wildman–Crippen MR) is 122 cm³/mol. The summed E-state index contributed by atoms with van der Waals surface area (Å²) in [5.74, 6) is 5.46. The molecule has 1 aromatic heterocycles. The Bertz CT molecular complexity index is 1220. The zero-order valence-electron chi connectivity index (χ0n) is 17.4. The Kier molecular flexibility index (Phi) is 6.67. The van der Waals surface area contributed by atoms with Gasteiger partial charge in [-0.05, 0) is 59.7 Å². The zero-order chi connectivity index (χ0) is 23.4. The lowest BCUT2D eigenvalue weighted by molar-refractivity contribution is -0.137. The van der Waals surface area contributed by atoms with E-state index in [0.717, 1.165) is 39.4 Å². The molecule has 2 aromatic carbocycles. The molecule has 1 aliphatic heterocycles. The number of thiazole rings is 1. The molecule has 0 saturated carbocycles. The molecule has 0 atom stereocenters. The number of aliphatic hydroxyl groups is 1. The highest BCUT2D eigenvalue weighted by Crippen LogP contribution is 2.36. The maximum Gasteiger partial charge on any atom is 0.416 e. The molecule has 4 rings (SSSR count). The Balaban J connectivity index is 1.42. The average Bonchev–Trinajstić information content (AvgIpc) is 3.36. The van der Waals surface area contributed by atoms with Crippen LogP contribution in [0.5, 0.6) is 0 Å². The summed E-state index contributed by atoms with van der Waals surface area (Å²) in [6.45, 7) is 0.304. The van der Waals surface area contributed by atoms with Gasteiger partial charge in [0.1, 0.15) is 12.3 Å². The van der Waals surface area contributed by atoms with Crippen molar-refractivity contribution in [2.45, 2.75) is 25.4 Å². The molecule has 0 spiro atoms. The van der Waals surface area contributed by atoms with Crippen molar-refractivity contribution in [3.05, 3.63) is 64.8 Å². The van der Waals surface area contributed by atoms with Crippen molar-refractivity contribution >= 4 is 28.1 Å². The number of anilines is 2. The van der Waals surface area contributed by atoms with Crippen LogP contribution in [0.4, 0.5) is 24.0 Å². The third kappa shape index (κ3) is 5.53. The van der Waals surface area contributed by atoms with E-state index in [0.29, 0.717) is 36.6 Å². The highest BCUT2D eigenvalue weighted by molar-refractivity contribution is 7.19. The Labute approximate surface area is 192 Å². The standard InChI is InChI=1S/C24H20F3N3O2S/c25-24(26,27)18-8-5-15(6-9-18)3-1-11-28-23-30-20(4-2-12-31)22(33-23)16-7-10-19-17(13-16)14-21(32)29-19/h5-10,13,31H,1,3,11-12,14H2,(H,28,30)(H,29,32). The molecule has 2 heterocycles. The summed E-state index contributed by atoms with van der Waals surface area (Å²) in [5, 5.41) is 15.8. The third-order valence-electron chi connectivity index (χ3n) is 5.11. The van der Waals surface area contributed by atoms with Crippen LogP contribution in [0.25, 0.3) is 10.4 Å². The predicted octanol–water partition coefficient (Wildman–Crippen LogP) is 4.71. The van der Waals surface area contributed by atoms with E-state index in [1.54, 1.807) is 0 Å². The SMILES string of the molecule is O=C1Cc2cc(-c3sc(NCCCc4ccc(C(F)(F)F)cc4)nc3C#CCO)ccc2N1. The van der Waals surface area contributed by atoms with Gasteiger partial charge in [0, 0.05) is 12.2 Å². The van der Waals surface area contributed by atoms with Gasteiger partial charge >= 0.3 is 6.18 Å². The normalized spacial score (nSPS) is 12.7. The van der Waals surface area contributed by atoms with Crippen LogP contribution in [-0.4, -0.2) is 29.1 Å². The van der Waals surface area contributed by atoms with E-state index in [4.69, 9.17) is 5.11 Å². The van der Waals surface area contributed by atoms with Gasteiger partial charge in [-0.3, -0.25) is 4.79 Å².